The van der Waals surface area contributed by atoms with E-state index in [1.165, 1.54) is 49.4 Å². The van der Waals surface area contributed by atoms with Crippen molar-refractivity contribution in [3.63, 3.8) is 0 Å². The molecular formula is C18H21F4NO. The summed E-state index contributed by atoms with van der Waals surface area (Å²) in [7, 11) is 0. The highest BCUT2D eigenvalue weighted by Crippen LogP contribution is 2.28. The van der Waals surface area contributed by atoms with Crippen LogP contribution in [0.5, 0.6) is 0 Å². The van der Waals surface area contributed by atoms with Gasteiger partial charge in [0.1, 0.15) is 5.82 Å². The van der Waals surface area contributed by atoms with Crippen LogP contribution in [-0.2, 0) is 0 Å². The predicted molar refractivity (Wildman–Crippen MR) is 86.7 cm³/mol. The number of halogens is 4. The van der Waals surface area contributed by atoms with E-state index in [1.54, 1.807) is 13.8 Å². The Bertz CT molecular complexity index is 638. The van der Waals surface area contributed by atoms with Gasteiger partial charge >= 0.3 is 6.18 Å². The smallest absolute Gasteiger partial charge is 0.379 e. The Kier molecular flexibility index (Phi) is 6.93. The van der Waals surface area contributed by atoms with Gasteiger partial charge in [0.25, 0.3) is 0 Å². The van der Waals surface area contributed by atoms with Crippen molar-refractivity contribution in [1.29, 1.82) is 0 Å². The molecule has 1 aromatic rings. The molecule has 0 aliphatic heterocycles. The molecule has 2 unspecified atom stereocenters. The Balaban J connectivity index is 3.10. The first kappa shape index (κ1) is 20.1. The second-order valence-electron chi connectivity index (χ2n) is 5.55. The van der Waals surface area contributed by atoms with E-state index < -0.39 is 24.1 Å². The quantitative estimate of drug-likeness (QED) is 0.607. The summed E-state index contributed by atoms with van der Waals surface area (Å²) in [4.78, 5) is 0. The Morgan fingerprint density at radius 3 is 2.08 bits per heavy atom. The monoisotopic (exact) mass is 343 g/mol. The molecular weight excluding hydrogens is 322 g/mol. The highest BCUT2D eigenvalue weighted by atomic mass is 19.4. The lowest BCUT2D eigenvalue weighted by Gasteiger charge is -2.18. The van der Waals surface area contributed by atoms with Crippen molar-refractivity contribution in [3.05, 3.63) is 70.6 Å². The van der Waals surface area contributed by atoms with Gasteiger partial charge in [-0.25, -0.2) is 4.39 Å². The van der Waals surface area contributed by atoms with Crippen LogP contribution in [0.2, 0.25) is 0 Å². The number of alkyl halides is 3. The second-order valence-corrected chi connectivity index (χ2v) is 5.55. The summed E-state index contributed by atoms with van der Waals surface area (Å²) >= 11 is 0. The van der Waals surface area contributed by atoms with Gasteiger partial charge in [0.2, 0.25) is 0 Å². The van der Waals surface area contributed by atoms with Crippen LogP contribution in [0, 0.1) is 5.82 Å². The maximum atomic E-state index is 13.0. The van der Waals surface area contributed by atoms with Crippen LogP contribution in [-0.4, -0.2) is 17.4 Å². The molecule has 0 aromatic heterocycles. The summed E-state index contributed by atoms with van der Waals surface area (Å²) in [5.74, 6) is -0.398. The molecule has 0 fully saturated rings. The van der Waals surface area contributed by atoms with Crippen LogP contribution in [0.3, 0.4) is 0 Å². The van der Waals surface area contributed by atoms with Crippen LogP contribution in [0.15, 0.2) is 59.2 Å². The largest absolute Gasteiger partial charge is 0.418 e. The maximum absolute atomic E-state index is 13.0. The van der Waals surface area contributed by atoms with E-state index in [2.05, 4.69) is 0 Å². The number of nitrogens with two attached hydrogens (primary N) is 1. The third-order valence-corrected chi connectivity index (χ3v) is 3.56. The first-order chi connectivity index (χ1) is 11.1. The zero-order valence-corrected chi connectivity index (χ0v) is 13.7. The molecule has 3 N–H and O–H groups in total. The number of aliphatic hydroxyl groups is 1. The van der Waals surface area contributed by atoms with E-state index in [0.29, 0.717) is 11.1 Å². The van der Waals surface area contributed by atoms with Gasteiger partial charge in [-0.3, -0.25) is 0 Å². The average molecular weight is 343 g/mol. The lowest BCUT2D eigenvalue weighted by Crippen LogP contribution is -2.29. The first-order valence-electron chi connectivity index (χ1n) is 7.35. The molecule has 0 aliphatic carbocycles. The minimum absolute atomic E-state index is 0.271. The van der Waals surface area contributed by atoms with E-state index in [1.807, 2.05) is 0 Å². The Labute approximate surface area is 139 Å². The predicted octanol–water partition coefficient (Wildman–Crippen LogP) is 4.59. The summed E-state index contributed by atoms with van der Waals surface area (Å²) in [6.45, 7) is 4.97. The van der Waals surface area contributed by atoms with Gasteiger partial charge in [0.05, 0.1) is 6.04 Å². The van der Waals surface area contributed by atoms with Crippen LogP contribution in [0.4, 0.5) is 17.6 Å². The summed E-state index contributed by atoms with van der Waals surface area (Å²) < 4.78 is 50.9. The second kappa shape index (κ2) is 8.26. The molecule has 0 spiro atoms. The van der Waals surface area contributed by atoms with Crippen LogP contribution < -0.4 is 5.73 Å². The molecule has 0 saturated carbocycles. The van der Waals surface area contributed by atoms with E-state index in [-0.39, 0.29) is 5.57 Å². The molecule has 6 heteroatoms. The Morgan fingerprint density at radius 2 is 1.67 bits per heavy atom. The normalized spacial score (nSPS) is 15.5. The fraction of sp³-hybridized carbons (Fsp3) is 0.333. The molecule has 0 bridgehead atoms. The lowest BCUT2D eigenvalue weighted by molar-refractivity contribution is -0.190. The zero-order chi connectivity index (χ0) is 18.5. The van der Waals surface area contributed by atoms with Gasteiger partial charge in [0, 0.05) is 0 Å². The van der Waals surface area contributed by atoms with Gasteiger partial charge in [-0.05, 0) is 49.6 Å². The fourth-order valence-electron chi connectivity index (χ4n) is 2.15. The number of hydrogen-bond donors (Lipinski definition) is 2. The molecule has 2 atom stereocenters. The van der Waals surface area contributed by atoms with Crippen molar-refractivity contribution in [3.8, 4) is 0 Å². The number of allylic oxidation sites excluding steroid dienone is 2. The summed E-state index contributed by atoms with van der Waals surface area (Å²) in [5.41, 5.74) is 7.91. The molecule has 0 radical (unpaired) electrons. The van der Waals surface area contributed by atoms with Gasteiger partial charge in [-0.2, -0.15) is 13.2 Å². The number of hydrogen-bond acceptors (Lipinski definition) is 2. The molecule has 0 amide bonds. The molecule has 0 aliphatic rings. The third kappa shape index (κ3) is 5.32. The number of aliphatic hydroxyl groups excluding tert-OH is 1. The van der Waals surface area contributed by atoms with E-state index in [9.17, 15) is 22.7 Å². The van der Waals surface area contributed by atoms with Gasteiger partial charge in [-0.15, -0.1) is 0 Å². The topological polar surface area (TPSA) is 46.2 Å². The van der Waals surface area contributed by atoms with Gasteiger partial charge in [0.15, 0.2) is 6.10 Å². The number of rotatable bonds is 5. The maximum Gasteiger partial charge on any atom is 0.418 e. The fourth-order valence-corrected chi connectivity index (χ4v) is 2.15. The van der Waals surface area contributed by atoms with Crippen molar-refractivity contribution >= 4 is 0 Å². The van der Waals surface area contributed by atoms with Gasteiger partial charge < -0.3 is 10.8 Å². The van der Waals surface area contributed by atoms with Crippen molar-refractivity contribution < 1.29 is 22.7 Å². The molecule has 1 rings (SSSR count). The number of benzene rings is 1. The lowest BCUT2D eigenvalue weighted by atomic mass is 9.94. The Morgan fingerprint density at radius 1 is 1.12 bits per heavy atom. The molecule has 0 saturated heterocycles. The Hall–Kier alpha value is -1.92. The first-order valence-corrected chi connectivity index (χ1v) is 7.35. The van der Waals surface area contributed by atoms with Crippen LogP contribution in [0.25, 0.3) is 0 Å². The van der Waals surface area contributed by atoms with Crippen molar-refractivity contribution in [1.82, 2.24) is 0 Å². The summed E-state index contributed by atoms with van der Waals surface area (Å²) in [5, 5.41) is 9.35. The highest BCUT2D eigenvalue weighted by molar-refractivity contribution is 5.39. The van der Waals surface area contributed by atoms with Crippen LogP contribution >= 0.6 is 0 Å². The zero-order valence-electron chi connectivity index (χ0n) is 13.7. The van der Waals surface area contributed by atoms with Crippen LogP contribution in [0.1, 0.15) is 32.4 Å². The third-order valence-electron chi connectivity index (χ3n) is 3.56. The van der Waals surface area contributed by atoms with Crippen molar-refractivity contribution in [2.24, 2.45) is 5.73 Å². The summed E-state index contributed by atoms with van der Waals surface area (Å²) in [6.07, 6.45) is -3.45. The van der Waals surface area contributed by atoms with E-state index in [4.69, 9.17) is 5.73 Å². The minimum atomic E-state index is -4.74. The minimum Gasteiger partial charge on any atom is -0.379 e. The van der Waals surface area contributed by atoms with Crippen molar-refractivity contribution in [2.75, 3.05) is 0 Å². The van der Waals surface area contributed by atoms with Crippen molar-refractivity contribution in [2.45, 2.75) is 39.1 Å². The molecule has 1 aromatic carbocycles. The van der Waals surface area contributed by atoms with Gasteiger partial charge in [-0.1, -0.05) is 35.9 Å². The molecule has 0 heterocycles. The standard InChI is InChI=1S/C18H21F4NO/c1-4-12(17(24)18(20,21)22)7-10-15(11(2)3)16(23)13-5-8-14(19)9-6-13/h4-10,16-17,24H,23H2,1-3H3/b10-7-,12-4+. The average Bonchev–Trinajstić information content (AvgIpc) is 2.50. The molecule has 2 nitrogen and oxygen atoms in total. The summed E-state index contributed by atoms with van der Waals surface area (Å²) in [6, 6.07) is 4.97. The molecule has 132 valence electrons. The highest BCUT2D eigenvalue weighted by Gasteiger charge is 2.39. The van der Waals surface area contributed by atoms with E-state index >= 15 is 0 Å². The SMILES string of the molecule is C/C=C(\C=C/C(=C(C)C)C(N)c1ccc(F)cc1)C(O)C(F)(F)F. The van der Waals surface area contributed by atoms with E-state index in [0.717, 1.165) is 5.57 Å². The molecule has 24 heavy (non-hydrogen) atoms.